The predicted molar refractivity (Wildman–Crippen MR) is 100 cm³/mol. The quantitative estimate of drug-likeness (QED) is 0.365. The van der Waals surface area contributed by atoms with Gasteiger partial charge in [-0.05, 0) is 35.6 Å². The zero-order valence-electron chi connectivity index (χ0n) is 13.8. The van der Waals surface area contributed by atoms with E-state index in [1.54, 1.807) is 35.8 Å². The standard InChI is InChI=1S/C20H21NO2S/c1-5-12-20(7-3,15(4)6-2)23-19(22)16-10-11-17(21-14-16)18-9-8-13-24-18/h5-6,8-11,13-14H,1-2,4,7,12H2,3H3. The third-order valence-electron chi connectivity index (χ3n) is 3.94. The highest BCUT2D eigenvalue weighted by molar-refractivity contribution is 7.13. The Morgan fingerprint density at radius 1 is 1.38 bits per heavy atom. The lowest BCUT2D eigenvalue weighted by Gasteiger charge is -2.32. The molecule has 0 aliphatic heterocycles. The van der Waals surface area contributed by atoms with Gasteiger partial charge in [-0.3, -0.25) is 4.98 Å². The van der Waals surface area contributed by atoms with Crippen molar-refractivity contribution in [2.24, 2.45) is 0 Å². The largest absolute Gasteiger partial charge is 0.450 e. The van der Waals surface area contributed by atoms with Crippen molar-refractivity contribution in [1.82, 2.24) is 4.98 Å². The van der Waals surface area contributed by atoms with E-state index in [1.165, 1.54) is 0 Å². The molecule has 0 aliphatic carbocycles. The molecule has 0 spiro atoms. The molecule has 2 aromatic rings. The summed E-state index contributed by atoms with van der Waals surface area (Å²) in [6, 6.07) is 7.52. The summed E-state index contributed by atoms with van der Waals surface area (Å²) in [5.41, 5.74) is 1.10. The lowest BCUT2D eigenvalue weighted by atomic mass is 9.88. The molecule has 1 atom stereocenters. The molecule has 3 nitrogen and oxygen atoms in total. The van der Waals surface area contributed by atoms with Gasteiger partial charge in [0, 0.05) is 12.6 Å². The van der Waals surface area contributed by atoms with Gasteiger partial charge in [0.1, 0.15) is 5.60 Å². The summed E-state index contributed by atoms with van der Waals surface area (Å²) in [4.78, 5) is 18.0. The Morgan fingerprint density at radius 3 is 2.67 bits per heavy atom. The maximum Gasteiger partial charge on any atom is 0.340 e. The van der Waals surface area contributed by atoms with E-state index in [1.807, 2.05) is 30.5 Å². The highest BCUT2D eigenvalue weighted by Crippen LogP contribution is 2.31. The van der Waals surface area contributed by atoms with E-state index in [4.69, 9.17) is 4.74 Å². The van der Waals surface area contributed by atoms with Crippen molar-refractivity contribution in [1.29, 1.82) is 0 Å². The summed E-state index contributed by atoms with van der Waals surface area (Å²) >= 11 is 1.60. The second kappa shape index (κ2) is 7.88. The van der Waals surface area contributed by atoms with Crippen LogP contribution in [0.15, 0.2) is 73.3 Å². The molecule has 0 radical (unpaired) electrons. The van der Waals surface area contributed by atoms with Crippen LogP contribution in [0.25, 0.3) is 10.6 Å². The van der Waals surface area contributed by atoms with Crippen molar-refractivity contribution < 1.29 is 9.53 Å². The molecule has 0 aromatic carbocycles. The van der Waals surface area contributed by atoms with Gasteiger partial charge in [-0.2, -0.15) is 0 Å². The lowest BCUT2D eigenvalue weighted by molar-refractivity contribution is -0.00000297. The summed E-state index contributed by atoms with van der Waals surface area (Å²) < 4.78 is 5.78. The van der Waals surface area contributed by atoms with Gasteiger partial charge in [-0.25, -0.2) is 4.79 Å². The van der Waals surface area contributed by atoms with Crippen molar-refractivity contribution in [3.05, 3.63) is 78.9 Å². The number of carbonyl (C=O) groups excluding carboxylic acids is 1. The van der Waals surface area contributed by atoms with Crippen LogP contribution >= 0.6 is 11.3 Å². The van der Waals surface area contributed by atoms with E-state index in [-0.39, 0.29) is 0 Å². The van der Waals surface area contributed by atoms with Gasteiger partial charge in [0.05, 0.1) is 16.1 Å². The average Bonchev–Trinajstić information content (AvgIpc) is 3.15. The predicted octanol–water partition coefficient (Wildman–Crippen LogP) is 5.43. The van der Waals surface area contributed by atoms with Gasteiger partial charge in [-0.1, -0.05) is 38.3 Å². The molecule has 2 rings (SSSR count). The Hall–Kier alpha value is -2.46. The summed E-state index contributed by atoms with van der Waals surface area (Å²) in [6.07, 6.45) is 5.97. The van der Waals surface area contributed by atoms with Crippen molar-refractivity contribution in [2.75, 3.05) is 0 Å². The molecular formula is C20H21NO2S. The molecular weight excluding hydrogens is 318 g/mol. The summed E-state index contributed by atoms with van der Waals surface area (Å²) in [5, 5.41) is 1.99. The average molecular weight is 339 g/mol. The van der Waals surface area contributed by atoms with E-state index < -0.39 is 11.6 Å². The van der Waals surface area contributed by atoms with Crippen LogP contribution in [0.4, 0.5) is 0 Å². The third-order valence-corrected chi connectivity index (χ3v) is 4.83. The van der Waals surface area contributed by atoms with Gasteiger partial charge in [0.25, 0.3) is 0 Å². The number of thiophene rings is 1. The van der Waals surface area contributed by atoms with E-state index in [0.717, 1.165) is 10.6 Å². The molecule has 124 valence electrons. The molecule has 0 saturated carbocycles. The van der Waals surface area contributed by atoms with Crippen molar-refractivity contribution in [3.8, 4) is 10.6 Å². The highest BCUT2D eigenvalue weighted by atomic mass is 32.1. The molecule has 4 heteroatoms. The zero-order valence-corrected chi connectivity index (χ0v) is 14.6. The zero-order chi connectivity index (χ0) is 17.6. The maximum atomic E-state index is 12.5. The van der Waals surface area contributed by atoms with Crippen molar-refractivity contribution >= 4 is 17.3 Å². The molecule has 0 N–H and O–H groups in total. The maximum absolute atomic E-state index is 12.5. The molecule has 0 saturated heterocycles. The Kier molecular flexibility index (Phi) is 5.88. The first kappa shape index (κ1) is 17.9. The Balaban J connectivity index is 2.22. The summed E-state index contributed by atoms with van der Waals surface area (Å²) in [7, 11) is 0. The number of ether oxygens (including phenoxy) is 1. The van der Waals surface area contributed by atoms with Crippen LogP contribution in [0.3, 0.4) is 0 Å². The van der Waals surface area contributed by atoms with E-state index in [9.17, 15) is 4.79 Å². The Labute approximate surface area is 147 Å². The number of esters is 1. The lowest BCUT2D eigenvalue weighted by Crippen LogP contribution is -2.35. The number of carbonyl (C=O) groups is 1. The second-order valence-corrected chi connectivity index (χ2v) is 6.32. The Bertz CT molecular complexity index is 732. The van der Waals surface area contributed by atoms with Gasteiger partial charge in [0.15, 0.2) is 0 Å². The summed E-state index contributed by atoms with van der Waals surface area (Å²) in [5.74, 6) is -0.424. The van der Waals surface area contributed by atoms with Gasteiger partial charge < -0.3 is 4.74 Å². The topological polar surface area (TPSA) is 39.2 Å². The number of nitrogens with zero attached hydrogens (tertiary/aromatic N) is 1. The number of rotatable bonds is 8. The van der Waals surface area contributed by atoms with E-state index in [2.05, 4.69) is 24.7 Å². The molecule has 0 bridgehead atoms. The first-order chi connectivity index (χ1) is 11.6. The van der Waals surface area contributed by atoms with Crippen LogP contribution in [0.1, 0.15) is 30.1 Å². The van der Waals surface area contributed by atoms with Crippen molar-refractivity contribution in [2.45, 2.75) is 25.4 Å². The number of hydrogen-bond acceptors (Lipinski definition) is 4. The van der Waals surface area contributed by atoms with Crippen LogP contribution in [0.2, 0.25) is 0 Å². The number of pyridine rings is 1. The van der Waals surface area contributed by atoms with Gasteiger partial charge >= 0.3 is 5.97 Å². The van der Waals surface area contributed by atoms with Crippen LogP contribution in [-0.4, -0.2) is 16.6 Å². The number of hydrogen-bond donors (Lipinski definition) is 0. The van der Waals surface area contributed by atoms with Gasteiger partial charge in [-0.15, -0.1) is 17.9 Å². The van der Waals surface area contributed by atoms with Crippen LogP contribution < -0.4 is 0 Å². The molecule has 0 aliphatic rings. The van der Waals surface area contributed by atoms with Crippen LogP contribution in [0.5, 0.6) is 0 Å². The fourth-order valence-electron chi connectivity index (χ4n) is 2.42. The molecule has 0 fully saturated rings. The third kappa shape index (κ3) is 3.71. The van der Waals surface area contributed by atoms with Crippen LogP contribution in [0, 0.1) is 0 Å². The van der Waals surface area contributed by atoms with Crippen molar-refractivity contribution in [3.63, 3.8) is 0 Å². The first-order valence-electron chi connectivity index (χ1n) is 7.72. The molecule has 24 heavy (non-hydrogen) atoms. The molecule has 1 unspecified atom stereocenters. The molecule has 0 amide bonds. The molecule has 2 aromatic heterocycles. The van der Waals surface area contributed by atoms with Crippen LogP contribution in [-0.2, 0) is 4.74 Å². The highest BCUT2D eigenvalue weighted by Gasteiger charge is 2.33. The minimum Gasteiger partial charge on any atom is -0.450 e. The fourth-order valence-corrected chi connectivity index (χ4v) is 3.12. The SMILES string of the molecule is C=CCC(CC)(OC(=O)c1ccc(-c2cccs2)nc1)C(=C)C=C. The van der Waals surface area contributed by atoms with E-state index >= 15 is 0 Å². The van der Waals surface area contributed by atoms with Gasteiger partial charge in [0.2, 0.25) is 0 Å². The minimum absolute atomic E-state index is 0.411. The minimum atomic E-state index is -0.812. The smallest absolute Gasteiger partial charge is 0.340 e. The van der Waals surface area contributed by atoms with E-state index in [0.29, 0.717) is 24.0 Å². The summed E-state index contributed by atoms with van der Waals surface area (Å²) in [6.45, 7) is 13.4. The first-order valence-corrected chi connectivity index (χ1v) is 8.60. The monoisotopic (exact) mass is 339 g/mol. The Morgan fingerprint density at radius 2 is 2.17 bits per heavy atom. The number of aromatic nitrogens is 1. The normalized spacial score (nSPS) is 12.9. The molecule has 2 heterocycles. The second-order valence-electron chi connectivity index (χ2n) is 5.37. The fraction of sp³-hybridized carbons (Fsp3) is 0.200.